The monoisotopic (exact) mass is 538 g/mol. The van der Waals surface area contributed by atoms with Gasteiger partial charge in [0.05, 0.1) is 18.6 Å². The van der Waals surface area contributed by atoms with E-state index in [-0.39, 0.29) is 30.3 Å². The predicted octanol–water partition coefficient (Wildman–Crippen LogP) is -0.434. The molecule has 4 N–H and O–H groups in total. The molecular weight excluding hydrogens is 503 g/mol. The van der Waals surface area contributed by atoms with Gasteiger partial charge in [0, 0.05) is 45.0 Å². The first kappa shape index (κ1) is 29.7. The highest BCUT2D eigenvalue weighted by Crippen LogP contribution is 2.10. The minimum atomic E-state index is -1.83. The molecule has 2 atom stereocenters. The minimum absolute atomic E-state index is 0.0106. The van der Waals surface area contributed by atoms with Crippen LogP contribution in [0.15, 0.2) is 48.9 Å². The van der Waals surface area contributed by atoms with Crippen molar-refractivity contribution >= 4 is 30.7 Å². The van der Waals surface area contributed by atoms with Crippen molar-refractivity contribution in [2.75, 3.05) is 26.2 Å². The van der Waals surface area contributed by atoms with Crippen LogP contribution >= 0.6 is 0 Å². The van der Waals surface area contributed by atoms with Gasteiger partial charge in [0.15, 0.2) is 0 Å². The van der Waals surface area contributed by atoms with Crippen LogP contribution < -0.4 is 10.6 Å². The van der Waals surface area contributed by atoms with Crippen molar-refractivity contribution in [3.05, 3.63) is 60.2 Å². The molecule has 1 fully saturated rings. The molecule has 0 aliphatic carbocycles. The number of aromatic nitrogens is 2. The zero-order valence-corrected chi connectivity index (χ0v) is 22.0. The van der Waals surface area contributed by atoms with Crippen molar-refractivity contribution < 1.29 is 29.2 Å². The van der Waals surface area contributed by atoms with E-state index in [4.69, 9.17) is 0 Å². The van der Waals surface area contributed by atoms with Gasteiger partial charge >= 0.3 is 7.12 Å². The van der Waals surface area contributed by atoms with Crippen LogP contribution in [0.25, 0.3) is 0 Å². The van der Waals surface area contributed by atoms with Gasteiger partial charge in [-0.3, -0.25) is 24.2 Å². The van der Waals surface area contributed by atoms with Crippen LogP contribution in [0.5, 0.6) is 0 Å². The Morgan fingerprint density at radius 3 is 2.23 bits per heavy atom. The smallest absolute Gasteiger partial charge is 0.426 e. The van der Waals surface area contributed by atoms with Crippen molar-refractivity contribution in [1.29, 1.82) is 0 Å². The van der Waals surface area contributed by atoms with E-state index in [1.165, 1.54) is 18.6 Å². The third-order valence-corrected chi connectivity index (χ3v) is 6.59. The summed E-state index contributed by atoms with van der Waals surface area (Å²) in [4.78, 5) is 62.1. The van der Waals surface area contributed by atoms with E-state index in [1.54, 1.807) is 16.7 Å². The average molecular weight is 538 g/mol. The molecule has 4 amide bonds. The first-order chi connectivity index (χ1) is 18.8. The lowest BCUT2D eigenvalue weighted by Crippen LogP contribution is -2.56. The summed E-state index contributed by atoms with van der Waals surface area (Å²) in [5.41, 5.74) is 1.05. The molecular formula is C26H35BN6O6. The zero-order valence-electron chi connectivity index (χ0n) is 22.0. The number of hydrogen-bond acceptors (Lipinski definition) is 8. The topological polar surface area (TPSA) is 165 Å². The normalized spacial score (nSPS) is 14.7. The second-order valence-corrected chi connectivity index (χ2v) is 9.34. The Labute approximate surface area is 228 Å². The Balaban J connectivity index is 1.65. The summed E-state index contributed by atoms with van der Waals surface area (Å²) in [6.45, 7) is 3.19. The second-order valence-electron chi connectivity index (χ2n) is 9.34. The molecule has 0 radical (unpaired) electrons. The van der Waals surface area contributed by atoms with Gasteiger partial charge in [-0.05, 0) is 24.8 Å². The number of carbonyl (C=O) groups excluding carboxylic acids is 4. The minimum Gasteiger partial charge on any atom is -0.426 e. The molecule has 1 saturated heterocycles. The van der Waals surface area contributed by atoms with Crippen LogP contribution in [0, 0.1) is 0 Å². The quantitative estimate of drug-likeness (QED) is 0.264. The summed E-state index contributed by atoms with van der Waals surface area (Å²) in [7, 11) is -1.83. The predicted molar refractivity (Wildman–Crippen MR) is 143 cm³/mol. The second kappa shape index (κ2) is 14.9. The fraction of sp³-hybridized carbons (Fsp3) is 0.462. The molecule has 3 rings (SSSR count). The van der Waals surface area contributed by atoms with Crippen molar-refractivity contribution in [3.63, 3.8) is 0 Å². The maximum atomic E-state index is 13.2. The summed E-state index contributed by atoms with van der Waals surface area (Å²) in [6, 6.07) is 8.37. The molecule has 1 aromatic carbocycles. The third-order valence-electron chi connectivity index (χ3n) is 6.59. The molecule has 1 aromatic heterocycles. The number of amides is 4. The van der Waals surface area contributed by atoms with Gasteiger partial charge in [0.1, 0.15) is 11.7 Å². The van der Waals surface area contributed by atoms with Crippen LogP contribution in [0.2, 0.25) is 0 Å². The van der Waals surface area contributed by atoms with E-state index < -0.39 is 30.9 Å². The molecule has 12 nitrogen and oxygen atoms in total. The molecule has 208 valence electrons. The average Bonchev–Trinajstić information content (AvgIpc) is 2.96. The summed E-state index contributed by atoms with van der Waals surface area (Å²) in [5, 5.41) is 24.9. The van der Waals surface area contributed by atoms with Gasteiger partial charge in [-0.15, -0.1) is 0 Å². The van der Waals surface area contributed by atoms with Crippen LogP contribution in [0.4, 0.5) is 0 Å². The standard InChI is InChI=1S/C26H35BN6O6/c1-2-23(34)32-13-15-33(16-14-32)24(35)17-20(30-26(37)21-18-28-11-12-29-21)25(36)31-22(27(38)39)10-6-9-19-7-4-3-5-8-19/h3-5,7-8,11-12,18,20,22,38-39H,2,6,9-10,13-17H2,1H3,(H,30,37)(H,31,36)/t20-,22+/m1/s1. The highest BCUT2D eigenvalue weighted by Gasteiger charge is 2.33. The van der Waals surface area contributed by atoms with E-state index in [9.17, 15) is 29.2 Å². The molecule has 0 saturated carbocycles. The van der Waals surface area contributed by atoms with E-state index in [0.717, 1.165) is 5.56 Å². The first-order valence-electron chi connectivity index (χ1n) is 13.1. The molecule has 2 heterocycles. The van der Waals surface area contributed by atoms with Gasteiger partial charge in [-0.2, -0.15) is 0 Å². The number of piperazine rings is 1. The highest BCUT2D eigenvalue weighted by atomic mass is 16.4. The zero-order chi connectivity index (χ0) is 28.2. The van der Waals surface area contributed by atoms with Crippen LogP contribution in [0.3, 0.4) is 0 Å². The van der Waals surface area contributed by atoms with E-state index in [0.29, 0.717) is 45.4 Å². The summed E-state index contributed by atoms with van der Waals surface area (Å²) in [5.74, 6) is -2.78. The van der Waals surface area contributed by atoms with Crippen LogP contribution in [-0.2, 0) is 20.8 Å². The number of nitrogens with zero attached hydrogens (tertiary/aromatic N) is 4. The van der Waals surface area contributed by atoms with E-state index in [1.807, 2.05) is 30.3 Å². The number of nitrogens with one attached hydrogen (secondary N) is 2. The number of benzene rings is 1. The molecule has 2 aromatic rings. The number of carbonyl (C=O) groups is 4. The van der Waals surface area contributed by atoms with E-state index in [2.05, 4.69) is 20.6 Å². The Morgan fingerprint density at radius 1 is 0.974 bits per heavy atom. The van der Waals surface area contributed by atoms with Crippen molar-refractivity contribution in [2.45, 2.75) is 51.0 Å². The molecule has 1 aliphatic heterocycles. The molecule has 0 bridgehead atoms. The Kier molecular flexibility index (Phi) is 11.4. The molecule has 1 aliphatic rings. The summed E-state index contributed by atoms with van der Waals surface area (Å²) >= 11 is 0. The molecule has 0 unspecified atom stereocenters. The largest absolute Gasteiger partial charge is 0.475 e. The Hall–Kier alpha value is -3.84. The van der Waals surface area contributed by atoms with Gasteiger partial charge in [-0.25, -0.2) is 4.98 Å². The van der Waals surface area contributed by atoms with Crippen molar-refractivity contribution in [2.24, 2.45) is 0 Å². The van der Waals surface area contributed by atoms with Crippen molar-refractivity contribution in [3.8, 4) is 0 Å². The number of aryl methyl sites for hydroxylation is 1. The maximum Gasteiger partial charge on any atom is 0.475 e. The summed E-state index contributed by atoms with van der Waals surface area (Å²) < 4.78 is 0. The van der Waals surface area contributed by atoms with Gasteiger partial charge in [-0.1, -0.05) is 37.3 Å². The lowest BCUT2D eigenvalue weighted by Gasteiger charge is -2.35. The SMILES string of the molecule is CCC(=O)N1CCN(C(=O)C[C@@H](NC(=O)c2cnccn2)C(=O)N[C@@H](CCCc2ccccc2)B(O)O)CC1. The number of rotatable bonds is 12. The first-order valence-corrected chi connectivity index (χ1v) is 13.1. The van der Waals surface area contributed by atoms with Gasteiger partial charge in [0.2, 0.25) is 17.7 Å². The third kappa shape index (κ3) is 9.15. The fourth-order valence-electron chi connectivity index (χ4n) is 4.34. The van der Waals surface area contributed by atoms with Crippen LogP contribution in [0.1, 0.15) is 48.7 Å². The molecule has 39 heavy (non-hydrogen) atoms. The van der Waals surface area contributed by atoms with Gasteiger partial charge in [0.25, 0.3) is 5.91 Å². The van der Waals surface area contributed by atoms with Crippen LogP contribution in [-0.4, -0.2) is 98.7 Å². The molecule has 13 heteroatoms. The summed E-state index contributed by atoms with van der Waals surface area (Å²) in [6.07, 6.45) is 5.52. The van der Waals surface area contributed by atoms with E-state index >= 15 is 0 Å². The lowest BCUT2D eigenvalue weighted by molar-refractivity contribution is -0.140. The van der Waals surface area contributed by atoms with Gasteiger partial charge < -0.3 is 30.5 Å². The van der Waals surface area contributed by atoms with Crippen molar-refractivity contribution in [1.82, 2.24) is 30.4 Å². The maximum absolute atomic E-state index is 13.2. The number of hydrogen-bond donors (Lipinski definition) is 4. The molecule has 0 spiro atoms. The Morgan fingerprint density at radius 2 is 1.64 bits per heavy atom. The lowest BCUT2D eigenvalue weighted by atomic mass is 9.76. The fourth-order valence-corrected chi connectivity index (χ4v) is 4.34. The Bertz CT molecular complexity index is 1100. The highest BCUT2D eigenvalue weighted by molar-refractivity contribution is 6.43.